The van der Waals surface area contributed by atoms with Crippen LogP contribution in [0.15, 0.2) is 72.8 Å². The van der Waals surface area contributed by atoms with Gasteiger partial charge in [0.05, 0.1) is 17.4 Å². The largest absolute Gasteiger partial charge is 0.468 e. The maximum atomic E-state index is 12.7. The van der Waals surface area contributed by atoms with Gasteiger partial charge in [-0.3, -0.25) is 10.1 Å². The summed E-state index contributed by atoms with van der Waals surface area (Å²) in [6, 6.07) is 23.1. The molecule has 4 aromatic rings. The van der Waals surface area contributed by atoms with Gasteiger partial charge in [-0.25, -0.2) is 4.79 Å². The number of halogens is 2. The van der Waals surface area contributed by atoms with Crippen LogP contribution in [0.2, 0.25) is 10.2 Å². The number of rotatable bonds is 7. The predicted molar refractivity (Wildman–Crippen MR) is 151 cm³/mol. The van der Waals surface area contributed by atoms with Crippen molar-refractivity contribution >= 4 is 52.5 Å². The van der Waals surface area contributed by atoms with Crippen LogP contribution in [0.3, 0.4) is 0 Å². The van der Waals surface area contributed by atoms with Crippen LogP contribution in [0.25, 0.3) is 21.6 Å². The molecular weight excluding hydrogens is 543 g/mol. The number of nitrogens with zero attached hydrogens (tertiary/aromatic N) is 1. The van der Waals surface area contributed by atoms with Crippen LogP contribution in [0.1, 0.15) is 37.0 Å². The molecule has 0 aliphatic heterocycles. The van der Waals surface area contributed by atoms with Crippen LogP contribution < -0.4 is 5.32 Å². The number of benzene rings is 3. The lowest BCUT2D eigenvalue weighted by Gasteiger charge is -2.15. The fourth-order valence-corrected chi connectivity index (χ4v) is 5.80. The summed E-state index contributed by atoms with van der Waals surface area (Å²) in [5.74, 6) is -0.176. The average molecular weight is 567 g/mol. The predicted octanol–water partition coefficient (Wildman–Crippen LogP) is 8.30. The highest BCUT2D eigenvalue weighted by Gasteiger charge is 2.52. The molecule has 1 aliphatic rings. The number of amides is 1. The Hall–Kier alpha value is -3.39. The van der Waals surface area contributed by atoms with Crippen LogP contribution in [-0.4, -0.2) is 23.5 Å². The van der Waals surface area contributed by atoms with Crippen molar-refractivity contribution in [2.75, 3.05) is 12.4 Å². The van der Waals surface area contributed by atoms with Crippen molar-refractivity contribution in [2.24, 2.45) is 0 Å². The van der Waals surface area contributed by atoms with Gasteiger partial charge in [-0.2, -0.15) is 4.37 Å². The molecule has 5 rings (SSSR count). The van der Waals surface area contributed by atoms with E-state index in [1.54, 1.807) is 13.0 Å². The van der Waals surface area contributed by atoms with Crippen molar-refractivity contribution in [3.05, 3.63) is 94.1 Å². The monoisotopic (exact) mass is 566 g/mol. The van der Waals surface area contributed by atoms with E-state index in [0.717, 1.165) is 35.1 Å². The first kappa shape index (κ1) is 26.2. The fraction of sp³-hybridized carbons (Fsp3) is 0.207. The number of anilines is 1. The molecule has 1 atom stereocenters. The molecule has 0 spiro atoms. The molecule has 0 bridgehead atoms. The Bertz CT molecular complexity index is 1480. The molecule has 1 amide bonds. The Morgan fingerprint density at radius 3 is 2.16 bits per heavy atom. The molecule has 1 N–H and O–H groups in total. The zero-order valence-corrected chi connectivity index (χ0v) is 23.0. The smallest absolute Gasteiger partial charge is 0.412 e. The molecule has 6 nitrogen and oxygen atoms in total. The molecule has 3 aromatic carbocycles. The second-order valence-electron chi connectivity index (χ2n) is 9.10. The van der Waals surface area contributed by atoms with Crippen LogP contribution in [-0.2, 0) is 19.7 Å². The third kappa shape index (κ3) is 5.14. The van der Waals surface area contributed by atoms with Gasteiger partial charge in [-0.1, -0.05) is 89.9 Å². The highest BCUT2D eigenvalue weighted by atomic mass is 35.5. The summed E-state index contributed by atoms with van der Waals surface area (Å²) in [6.45, 7) is 1.75. The Labute approximate surface area is 234 Å². The molecule has 194 valence electrons. The van der Waals surface area contributed by atoms with E-state index in [1.165, 1.54) is 18.6 Å². The summed E-state index contributed by atoms with van der Waals surface area (Å²) in [7, 11) is 1.43. The van der Waals surface area contributed by atoms with Crippen molar-refractivity contribution in [3.63, 3.8) is 0 Å². The molecule has 1 fully saturated rings. The van der Waals surface area contributed by atoms with Gasteiger partial charge in [-0.05, 0) is 59.6 Å². The number of hydrogen-bond donors (Lipinski definition) is 1. The van der Waals surface area contributed by atoms with E-state index in [4.69, 9.17) is 32.7 Å². The Morgan fingerprint density at radius 1 is 0.947 bits per heavy atom. The molecule has 1 aliphatic carbocycles. The van der Waals surface area contributed by atoms with Gasteiger partial charge in [0.15, 0.2) is 5.15 Å². The first-order valence-electron chi connectivity index (χ1n) is 12.0. The van der Waals surface area contributed by atoms with Gasteiger partial charge >= 0.3 is 12.1 Å². The fourth-order valence-electron chi connectivity index (χ4n) is 4.46. The summed E-state index contributed by atoms with van der Waals surface area (Å²) in [5.41, 5.74) is 4.49. The van der Waals surface area contributed by atoms with Crippen LogP contribution in [0.4, 0.5) is 10.5 Å². The minimum atomic E-state index is -0.655. The van der Waals surface area contributed by atoms with Gasteiger partial charge in [-0.15, -0.1) is 0 Å². The van der Waals surface area contributed by atoms with Gasteiger partial charge in [0, 0.05) is 10.6 Å². The van der Waals surface area contributed by atoms with Gasteiger partial charge in [0.25, 0.3) is 0 Å². The number of hydrogen-bond acceptors (Lipinski definition) is 6. The second-order valence-corrected chi connectivity index (χ2v) is 10.6. The van der Waals surface area contributed by atoms with E-state index >= 15 is 0 Å². The van der Waals surface area contributed by atoms with Crippen molar-refractivity contribution in [1.82, 2.24) is 4.37 Å². The molecular formula is C29H24Cl2N2O4S. The van der Waals surface area contributed by atoms with E-state index in [2.05, 4.69) is 9.69 Å². The zero-order chi connectivity index (χ0) is 26.9. The average Bonchev–Trinajstić information content (AvgIpc) is 3.67. The first-order valence-corrected chi connectivity index (χ1v) is 13.5. The third-order valence-electron chi connectivity index (χ3n) is 6.75. The van der Waals surface area contributed by atoms with E-state index < -0.39 is 17.6 Å². The Morgan fingerprint density at radius 2 is 1.55 bits per heavy atom. The molecule has 1 heterocycles. The molecule has 0 unspecified atom stereocenters. The zero-order valence-electron chi connectivity index (χ0n) is 20.7. The Kier molecular flexibility index (Phi) is 7.43. The van der Waals surface area contributed by atoms with Crippen LogP contribution >= 0.6 is 34.7 Å². The molecule has 9 heteroatoms. The van der Waals surface area contributed by atoms with Gasteiger partial charge in [0.2, 0.25) is 0 Å². The van der Waals surface area contributed by atoms with E-state index in [9.17, 15) is 9.59 Å². The number of aromatic nitrogens is 1. The lowest BCUT2D eigenvalue weighted by molar-refractivity contribution is -0.143. The molecule has 0 radical (unpaired) electrons. The quantitative estimate of drug-likeness (QED) is 0.227. The van der Waals surface area contributed by atoms with Crippen LogP contribution in [0.5, 0.6) is 0 Å². The number of carbonyl (C=O) groups is 2. The number of esters is 1. The number of nitrogens with one attached hydrogen (secondary N) is 1. The maximum absolute atomic E-state index is 12.7. The molecule has 0 saturated heterocycles. The van der Waals surface area contributed by atoms with Crippen LogP contribution in [0, 0.1) is 0 Å². The first-order chi connectivity index (χ1) is 18.3. The second kappa shape index (κ2) is 10.8. The summed E-state index contributed by atoms with van der Waals surface area (Å²) >= 11 is 13.7. The highest BCUT2D eigenvalue weighted by molar-refractivity contribution is 7.10. The summed E-state index contributed by atoms with van der Waals surface area (Å²) < 4.78 is 14.7. The highest BCUT2D eigenvalue weighted by Crippen LogP contribution is 2.49. The standard InChI is InChI=1S/C29H24Cl2N2O4S/c1-17(22-5-3-4-6-23(22)30)37-28(35)32-24-25(38-33-26(24)31)20-9-7-18(8-10-20)19-11-13-21(14-12-19)29(15-16-29)27(34)36-2/h3-14,17H,15-16H2,1-2H3,(H,32,35)/t17-/m1/s1. The normalized spacial score (nSPS) is 14.4. The van der Waals surface area contributed by atoms with E-state index in [-0.39, 0.29) is 11.1 Å². The minimum Gasteiger partial charge on any atom is -0.468 e. The molecule has 38 heavy (non-hydrogen) atoms. The SMILES string of the molecule is COC(=O)C1(c2ccc(-c3ccc(-c4snc(Cl)c4NC(=O)O[C@H](C)c4ccccc4Cl)cc3)cc2)CC1. The number of ether oxygens (including phenoxy) is 2. The minimum absolute atomic E-state index is 0.176. The Balaban J connectivity index is 1.30. The summed E-state index contributed by atoms with van der Waals surface area (Å²) in [6.07, 6.45) is 0.422. The third-order valence-corrected chi connectivity index (χ3v) is 8.36. The van der Waals surface area contributed by atoms with Crippen molar-refractivity contribution in [3.8, 4) is 21.6 Å². The van der Waals surface area contributed by atoms with Gasteiger partial charge in [0.1, 0.15) is 11.8 Å². The lowest BCUT2D eigenvalue weighted by atomic mass is 9.93. The molecule has 1 saturated carbocycles. The van der Waals surface area contributed by atoms with Crippen molar-refractivity contribution in [1.29, 1.82) is 0 Å². The van der Waals surface area contributed by atoms with Crippen molar-refractivity contribution < 1.29 is 19.1 Å². The summed E-state index contributed by atoms with van der Waals surface area (Å²) in [4.78, 5) is 25.5. The maximum Gasteiger partial charge on any atom is 0.412 e. The molecule has 1 aromatic heterocycles. The van der Waals surface area contributed by atoms with Crippen molar-refractivity contribution in [2.45, 2.75) is 31.3 Å². The number of methoxy groups -OCH3 is 1. The topological polar surface area (TPSA) is 77.5 Å². The lowest BCUT2D eigenvalue weighted by Crippen LogP contribution is -2.21. The number of carbonyl (C=O) groups excluding carboxylic acids is 2. The van der Waals surface area contributed by atoms with Gasteiger partial charge < -0.3 is 9.47 Å². The van der Waals surface area contributed by atoms with E-state index in [1.807, 2.05) is 66.7 Å². The van der Waals surface area contributed by atoms with E-state index in [0.29, 0.717) is 21.2 Å². The summed E-state index contributed by atoms with van der Waals surface area (Å²) in [5, 5.41) is 3.45.